The average molecular weight is 606 g/mol. The number of nitrogens with one attached hydrogen (secondary N) is 2. The average Bonchev–Trinajstić information content (AvgIpc) is 3.44. The fraction of sp³-hybridized carbons (Fsp3) is 0.375. The second-order valence-electron chi connectivity index (χ2n) is 12.2. The highest BCUT2D eigenvalue weighted by Gasteiger charge is 2.39. The molecule has 3 heterocycles. The molecule has 0 saturated carbocycles. The van der Waals surface area contributed by atoms with Crippen molar-refractivity contribution in [1.82, 2.24) is 24.8 Å². The van der Waals surface area contributed by atoms with Gasteiger partial charge in [0.1, 0.15) is 18.2 Å². The lowest BCUT2D eigenvalue weighted by Gasteiger charge is -2.31. The number of amides is 2. The molecule has 2 amide bonds. The minimum atomic E-state index is -0.785. The van der Waals surface area contributed by atoms with Gasteiger partial charge in [-0.1, -0.05) is 31.5 Å². The van der Waals surface area contributed by atoms with Gasteiger partial charge in [0.05, 0.1) is 33.8 Å². The Bertz CT molecular complexity index is 1710. The Morgan fingerprint density at radius 3 is 2.56 bits per heavy atom. The van der Waals surface area contributed by atoms with Crippen LogP contribution in [0.15, 0.2) is 47.4 Å². The second-order valence-corrected chi connectivity index (χ2v) is 12.6. The minimum Gasteiger partial charge on any atom is -0.491 e. The number of rotatable bonds is 11. The van der Waals surface area contributed by atoms with Gasteiger partial charge in [0, 0.05) is 29.9 Å². The van der Waals surface area contributed by atoms with Crippen molar-refractivity contribution in [2.24, 2.45) is 5.41 Å². The lowest BCUT2D eigenvalue weighted by Crippen LogP contribution is -2.42. The van der Waals surface area contributed by atoms with Gasteiger partial charge < -0.3 is 24.7 Å². The molecule has 0 radical (unpaired) electrons. The largest absolute Gasteiger partial charge is 0.491 e. The van der Waals surface area contributed by atoms with Crippen molar-refractivity contribution in [3.05, 3.63) is 80.2 Å². The van der Waals surface area contributed by atoms with Gasteiger partial charge in [-0.2, -0.15) is 0 Å². The van der Waals surface area contributed by atoms with E-state index in [1.807, 2.05) is 39.8 Å². The van der Waals surface area contributed by atoms with Crippen LogP contribution < -0.4 is 10.3 Å². The van der Waals surface area contributed by atoms with Crippen LogP contribution in [0.2, 0.25) is 5.02 Å². The number of carbonyl (C=O) groups excluding carboxylic acids is 2. The number of ether oxygens (including phenoxy) is 1. The number of benzene rings is 2. The summed E-state index contributed by atoms with van der Waals surface area (Å²) in [7, 11) is 3.92. The first-order valence-electron chi connectivity index (χ1n) is 14.2. The summed E-state index contributed by atoms with van der Waals surface area (Å²) in [6, 6.07) is 10.4. The van der Waals surface area contributed by atoms with Gasteiger partial charge in [-0.15, -0.1) is 0 Å². The van der Waals surface area contributed by atoms with Gasteiger partial charge in [-0.25, -0.2) is 4.98 Å². The van der Waals surface area contributed by atoms with E-state index in [0.29, 0.717) is 75.8 Å². The molecule has 3 N–H and O–H groups in total. The van der Waals surface area contributed by atoms with Crippen molar-refractivity contribution in [2.75, 3.05) is 33.8 Å². The standard InChI is InChI=1S/C32H36ClN5O5/c1-18-23(33)7-6-8-26(18)43-15-20(39)10-9-19-11-12-34-29(40)27(19)28-35-24-13-21-22(14-25(24)36-28)31(42)38(30(21)41)17-32(2,3)16-37(4)5/h6-8,11-14,20,39H,9-10,15-17H2,1-5H3,(H,34,40)(H,35,36)/t20-/m1/s1. The van der Waals surface area contributed by atoms with E-state index >= 15 is 0 Å². The van der Waals surface area contributed by atoms with Crippen LogP contribution in [0.5, 0.6) is 5.75 Å². The number of imide groups is 1. The first-order valence-corrected chi connectivity index (χ1v) is 14.5. The predicted molar refractivity (Wildman–Crippen MR) is 166 cm³/mol. The smallest absolute Gasteiger partial charge is 0.261 e. The maximum atomic E-state index is 13.3. The van der Waals surface area contributed by atoms with E-state index < -0.39 is 6.10 Å². The second kappa shape index (κ2) is 11.9. The molecule has 4 aromatic rings. The first kappa shape index (κ1) is 30.5. The van der Waals surface area contributed by atoms with Crippen molar-refractivity contribution in [1.29, 1.82) is 0 Å². The molecule has 11 heteroatoms. The van der Waals surface area contributed by atoms with E-state index in [-0.39, 0.29) is 29.4 Å². The van der Waals surface area contributed by atoms with Crippen molar-refractivity contribution >= 4 is 34.4 Å². The Labute approximate surface area is 254 Å². The zero-order valence-corrected chi connectivity index (χ0v) is 25.7. The van der Waals surface area contributed by atoms with E-state index in [4.69, 9.17) is 16.3 Å². The summed E-state index contributed by atoms with van der Waals surface area (Å²) in [4.78, 5) is 53.4. The SMILES string of the molecule is Cc1c(Cl)cccc1OC[C@H](O)CCc1cc[nH]c(=O)c1-c1nc2cc3c(cc2[nH]1)C(=O)N(CC(C)(C)CN(C)C)C3=O. The van der Waals surface area contributed by atoms with Crippen LogP contribution in [-0.4, -0.2) is 81.6 Å². The van der Waals surface area contributed by atoms with Crippen LogP contribution in [0.4, 0.5) is 0 Å². The van der Waals surface area contributed by atoms with Gasteiger partial charge in [-0.05, 0) is 75.2 Å². The number of hydrogen-bond acceptors (Lipinski definition) is 7. The highest BCUT2D eigenvalue weighted by Crippen LogP contribution is 2.32. The molecule has 1 atom stereocenters. The molecule has 0 fully saturated rings. The molecule has 0 saturated heterocycles. The number of hydrogen-bond donors (Lipinski definition) is 3. The van der Waals surface area contributed by atoms with Crippen molar-refractivity contribution < 1.29 is 19.4 Å². The number of H-pyrrole nitrogens is 2. The molecule has 0 bridgehead atoms. The normalized spacial score (nSPS) is 14.2. The fourth-order valence-corrected chi connectivity index (χ4v) is 5.88. The number of imidazole rings is 1. The Morgan fingerprint density at radius 2 is 1.84 bits per heavy atom. The zero-order valence-electron chi connectivity index (χ0n) is 25.0. The number of nitrogens with zero attached hydrogens (tertiary/aromatic N) is 3. The van der Waals surface area contributed by atoms with E-state index in [0.717, 1.165) is 5.56 Å². The fourth-order valence-electron chi connectivity index (χ4n) is 5.71. The first-order chi connectivity index (χ1) is 20.3. The molecule has 5 rings (SSSR count). The highest BCUT2D eigenvalue weighted by molar-refractivity contribution is 6.31. The molecular weight excluding hydrogens is 570 g/mol. The van der Waals surface area contributed by atoms with Gasteiger partial charge in [0.15, 0.2) is 0 Å². The van der Waals surface area contributed by atoms with E-state index in [1.165, 1.54) is 4.90 Å². The number of aromatic amines is 2. The quantitative estimate of drug-likeness (QED) is 0.215. The van der Waals surface area contributed by atoms with Crippen LogP contribution in [-0.2, 0) is 6.42 Å². The van der Waals surface area contributed by atoms with Crippen LogP contribution in [0.3, 0.4) is 0 Å². The summed E-state index contributed by atoms with van der Waals surface area (Å²) in [6.07, 6.45) is 1.50. The summed E-state index contributed by atoms with van der Waals surface area (Å²) >= 11 is 6.16. The number of halogens is 1. The Morgan fingerprint density at radius 1 is 1.12 bits per heavy atom. The molecule has 0 unspecified atom stereocenters. The summed E-state index contributed by atoms with van der Waals surface area (Å²) in [5.74, 6) is 0.239. The molecule has 226 valence electrons. The minimum absolute atomic E-state index is 0.0707. The molecule has 1 aliphatic rings. The van der Waals surface area contributed by atoms with Gasteiger partial charge >= 0.3 is 0 Å². The number of aryl methyl sites for hydroxylation is 1. The van der Waals surface area contributed by atoms with E-state index in [2.05, 4.69) is 15.0 Å². The molecule has 0 aliphatic carbocycles. The zero-order chi connectivity index (χ0) is 31.1. The Balaban J connectivity index is 1.34. The number of aliphatic hydroxyl groups is 1. The summed E-state index contributed by atoms with van der Waals surface area (Å²) in [5.41, 5.74) is 2.83. The number of carbonyl (C=O) groups is 2. The van der Waals surface area contributed by atoms with E-state index in [9.17, 15) is 19.5 Å². The Kier molecular flexibility index (Phi) is 8.47. The molecule has 2 aromatic carbocycles. The van der Waals surface area contributed by atoms with Crippen molar-refractivity contribution in [2.45, 2.75) is 39.7 Å². The maximum absolute atomic E-state index is 13.3. The molecule has 2 aromatic heterocycles. The number of fused-ring (bicyclic) bond motifs is 2. The monoisotopic (exact) mass is 605 g/mol. The lowest BCUT2D eigenvalue weighted by molar-refractivity contribution is 0.0570. The van der Waals surface area contributed by atoms with Crippen LogP contribution in [0.1, 0.15) is 52.1 Å². The van der Waals surface area contributed by atoms with Crippen LogP contribution in [0, 0.1) is 12.3 Å². The molecular formula is C32H36ClN5O5. The molecule has 1 aliphatic heterocycles. The topological polar surface area (TPSA) is 132 Å². The highest BCUT2D eigenvalue weighted by atomic mass is 35.5. The van der Waals surface area contributed by atoms with Crippen molar-refractivity contribution in [3.63, 3.8) is 0 Å². The number of pyridine rings is 1. The summed E-state index contributed by atoms with van der Waals surface area (Å²) < 4.78 is 5.77. The molecule has 10 nitrogen and oxygen atoms in total. The molecule has 43 heavy (non-hydrogen) atoms. The van der Waals surface area contributed by atoms with Crippen LogP contribution in [0.25, 0.3) is 22.4 Å². The summed E-state index contributed by atoms with van der Waals surface area (Å²) in [6.45, 7) is 6.98. The third-order valence-corrected chi connectivity index (χ3v) is 7.99. The molecule has 0 spiro atoms. The maximum Gasteiger partial charge on any atom is 0.261 e. The third kappa shape index (κ3) is 6.36. The predicted octanol–water partition coefficient (Wildman–Crippen LogP) is 4.44. The third-order valence-electron chi connectivity index (χ3n) is 7.58. The Hall–Kier alpha value is -3.99. The lowest BCUT2D eigenvalue weighted by atomic mass is 9.92. The van der Waals surface area contributed by atoms with E-state index in [1.54, 1.807) is 42.6 Å². The van der Waals surface area contributed by atoms with Crippen molar-refractivity contribution in [3.8, 4) is 17.1 Å². The van der Waals surface area contributed by atoms with Gasteiger partial charge in [0.25, 0.3) is 17.4 Å². The number of aliphatic hydroxyl groups excluding tert-OH is 1. The number of aromatic nitrogens is 3. The summed E-state index contributed by atoms with van der Waals surface area (Å²) in [5, 5.41) is 11.2. The van der Waals surface area contributed by atoms with Crippen LogP contribution >= 0.6 is 11.6 Å². The van der Waals surface area contributed by atoms with Gasteiger partial charge in [0.2, 0.25) is 0 Å². The van der Waals surface area contributed by atoms with Gasteiger partial charge in [-0.3, -0.25) is 19.3 Å².